The number of oxime groups is 1. The number of fused-ring (bicyclic) bond motifs is 2. The Morgan fingerprint density at radius 3 is 2.80 bits per heavy atom. The molecule has 1 N–H and O–H groups in total. The highest BCUT2D eigenvalue weighted by Gasteiger charge is 2.45. The maximum Gasteiger partial charge on any atom is 0.0595 e. The van der Waals surface area contributed by atoms with E-state index in [2.05, 4.69) is 17.1 Å². The molecular weight excluding hydrogens is 295 g/mol. The van der Waals surface area contributed by atoms with Crippen molar-refractivity contribution < 1.29 is 5.21 Å². The van der Waals surface area contributed by atoms with E-state index in [0.29, 0.717) is 28.0 Å². The smallest absolute Gasteiger partial charge is 0.0595 e. The van der Waals surface area contributed by atoms with Crippen molar-refractivity contribution in [3.63, 3.8) is 0 Å². The van der Waals surface area contributed by atoms with Gasteiger partial charge in [0.15, 0.2) is 0 Å². The predicted molar refractivity (Wildman–Crippen MR) is 82.2 cm³/mol. The van der Waals surface area contributed by atoms with Crippen LogP contribution in [-0.4, -0.2) is 35.5 Å². The van der Waals surface area contributed by atoms with Gasteiger partial charge in [-0.25, -0.2) is 0 Å². The highest BCUT2D eigenvalue weighted by atomic mass is 35.5. The van der Waals surface area contributed by atoms with E-state index in [4.69, 9.17) is 28.4 Å². The van der Waals surface area contributed by atoms with Crippen LogP contribution < -0.4 is 0 Å². The predicted octanol–water partition coefficient (Wildman–Crippen LogP) is 4.02. The van der Waals surface area contributed by atoms with Crippen molar-refractivity contribution in [2.75, 3.05) is 7.05 Å². The number of hydrogen-bond acceptors (Lipinski definition) is 3. The number of nitrogens with zero attached hydrogens (tertiary/aromatic N) is 2. The Hall–Kier alpha value is -0.770. The molecule has 1 aromatic rings. The van der Waals surface area contributed by atoms with Crippen molar-refractivity contribution in [3.05, 3.63) is 33.8 Å². The second-order valence-corrected chi connectivity index (χ2v) is 6.64. The van der Waals surface area contributed by atoms with Crippen LogP contribution in [0.15, 0.2) is 23.4 Å². The highest BCUT2D eigenvalue weighted by molar-refractivity contribution is 6.42. The van der Waals surface area contributed by atoms with Gasteiger partial charge in [0.1, 0.15) is 0 Å². The Kier molecular flexibility index (Phi) is 3.93. The maximum absolute atomic E-state index is 9.00. The summed E-state index contributed by atoms with van der Waals surface area (Å²) >= 11 is 12.2. The maximum atomic E-state index is 9.00. The van der Waals surface area contributed by atoms with Gasteiger partial charge in [-0.05, 0) is 49.9 Å². The third-order valence-electron chi connectivity index (χ3n) is 4.94. The van der Waals surface area contributed by atoms with Gasteiger partial charge in [0.2, 0.25) is 0 Å². The standard InChI is InChI=1S/C15H18Cl2N2O/c1-19-10-3-5-15(19)12(8-18-20)11(7-10)9-2-4-13(16)14(17)6-9/h2,4,6,8,10-12,15,20H,3,5,7H2,1H3. The first kappa shape index (κ1) is 14.2. The molecule has 2 heterocycles. The SMILES string of the molecule is CN1C2CCC1C(C=NO)C(c1ccc(Cl)c(Cl)c1)C2. The Balaban J connectivity index is 1.96. The molecule has 2 saturated heterocycles. The normalized spacial score (nSPS) is 34.0. The molecule has 1 aromatic carbocycles. The van der Waals surface area contributed by atoms with Gasteiger partial charge < -0.3 is 5.21 Å². The number of piperidine rings is 1. The average Bonchev–Trinajstić information content (AvgIpc) is 2.67. The molecule has 4 atom stereocenters. The van der Waals surface area contributed by atoms with E-state index in [0.717, 1.165) is 12.8 Å². The van der Waals surface area contributed by atoms with Crippen molar-refractivity contribution in [1.29, 1.82) is 0 Å². The number of halogens is 2. The lowest BCUT2D eigenvalue weighted by Crippen LogP contribution is -2.46. The second kappa shape index (κ2) is 5.55. The first-order valence-electron chi connectivity index (χ1n) is 6.96. The van der Waals surface area contributed by atoms with Crippen LogP contribution in [0.25, 0.3) is 0 Å². The highest BCUT2D eigenvalue weighted by Crippen LogP contribution is 2.46. The van der Waals surface area contributed by atoms with E-state index in [1.165, 1.54) is 12.0 Å². The van der Waals surface area contributed by atoms with Crippen LogP contribution in [0.1, 0.15) is 30.7 Å². The minimum absolute atomic E-state index is 0.223. The first-order valence-corrected chi connectivity index (χ1v) is 7.72. The summed E-state index contributed by atoms with van der Waals surface area (Å²) < 4.78 is 0. The molecule has 108 valence electrons. The monoisotopic (exact) mass is 312 g/mol. The van der Waals surface area contributed by atoms with Crippen LogP contribution in [0.4, 0.5) is 0 Å². The Morgan fingerprint density at radius 2 is 2.10 bits per heavy atom. The summed E-state index contributed by atoms with van der Waals surface area (Å²) in [5.41, 5.74) is 1.19. The molecular formula is C15H18Cl2N2O. The molecule has 2 aliphatic rings. The van der Waals surface area contributed by atoms with Crippen molar-refractivity contribution >= 4 is 29.4 Å². The lowest BCUT2D eigenvalue weighted by Gasteiger charge is -2.41. The summed E-state index contributed by atoms with van der Waals surface area (Å²) in [5, 5.41) is 13.5. The second-order valence-electron chi connectivity index (χ2n) is 5.82. The molecule has 0 aliphatic carbocycles. The molecule has 0 aromatic heterocycles. The van der Waals surface area contributed by atoms with Gasteiger partial charge in [0.05, 0.1) is 10.0 Å². The summed E-state index contributed by atoms with van der Waals surface area (Å²) in [6, 6.07) is 6.92. The summed E-state index contributed by atoms with van der Waals surface area (Å²) in [5.74, 6) is 0.565. The van der Waals surface area contributed by atoms with Gasteiger partial charge >= 0.3 is 0 Å². The van der Waals surface area contributed by atoms with Crippen molar-refractivity contribution in [2.45, 2.75) is 37.3 Å². The number of rotatable bonds is 2. The largest absolute Gasteiger partial charge is 0.411 e. The fourth-order valence-electron chi connectivity index (χ4n) is 3.89. The molecule has 20 heavy (non-hydrogen) atoms. The van der Waals surface area contributed by atoms with E-state index in [1.807, 2.05) is 18.2 Å². The van der Waals surface area contributed by atoms with E-state index in [-0.39, 0.29) is 5.92 Å². The zero-order valence-corrected chi connectivity index (χ0v) is 12.8. The van der Waals surface area contributed by atoms with E-state index in [1.54, 1.807) is 6.21 Å². The first-order chi connectivity index (χ1) is 9.61. The van der Waals surface area contributed by atoms with Crippen molar-refractivity contribution in [3.8, 4) is 0 Å². The molecule has 0 saturated carbocycles. The topological polar surface area (TPSA) is 35.8 Å². The molecule has 0 amide bonds. The minimum Gasteiger partial charge on any atom is -0.411 e. The van der Waals surface area contributed by atoms with Crippen LogP contribution in [0.3, 0.4) is 0 Å². The number of hydrogen-bond donors (Lipinski definition) is 1. The molecule has 2 aliphatic heterocycles. The van der Waals surface area contributed by atoms with E-state index in [9.17, 15) is 0 Å². The fourth-order valence-corrected chi connectivity index (χ4v) is 4.20. The average molecular weight is 313 g/mol. The molecule has 2 fully saturated rings. The molecule has 5 heteroatoms. The van der Waals surface area contributed by atoms with Crippen molar-refractivity contribution in [2.24, 2.45) is 11.1 Å². The zero-order valence-electron chi connectivity index (χ0n) is 11.3. The number of benzene rings is 1. The zero-order chi connectivity index (χ0) is 14.3. The van der Waals surface area contributed by atoms with Crippen LogP contribution in [0.5, 0.6) is 0 Å². The third-order valence-corrected chi connectivity index (χ3v) is 5.68. The Bertz CT molecular complexity index is 535. The Morgan fingerprint density at radius 1 is 1.30 bits per heavy atom. The van der Waals surface area contributed by atoms with E-state index >= 15 is 0 Å². The quantitative estimate of drug-likeness (QED) is 0.508. The summed E-state index contributed by atoms with van der Waals surface area (Å²) in [4.78, 5) is 2.43. The lowest BCUT2D eigenvalue weighted by molar-refractivity contribution is 0.133. The van der Waals surface area contributed by atoms with Gasteiger partial charge in [-0.2, -0.15) is 0 Å². The minimum atomic E-state index is 0.223. The van der Waals surface area contributed by atoms with Crippen LogP contribution in [-0.2, 0) is 0 Å². The molecule has 2 bridgehead atoms. The summed E-state index contributed by atoms with van der Waals surface area (Å²) in [6.45, 7) is 0. The summed E-state index contributed by atoms with van der Waals surface area (Å²) in [7, 11) is 2.17. The fraction of sp³-hybridized carbons (Fsp3) is 0.533. The molecule has 3 nitrogen and oxygen atoms in total. The molecule has 0 spiro atoms. The van der Waals surface area contributed by atoms with Gasteiger partial charge in [-0.15, -0.1) is 5.16 Å². The van der Waals surface area contributed by atoms with Crippen molar-refractivity contribution in [1.82, 2.24) is 4.90 Å². The van der Waals surface area contributed by atoms with Gasteiger partial charge in [0, 0.05) is 24.2 Å². The molecule has 4 unspecified atom stereocenters. The molecule has 3 rings (SSSR count). The van der Waals surface area contributed by atoms with Crippen LogP contribution in [0, 0.1) is 5.92 Å². The van der Waals surface area contributed by atoms with Gasteiger partial charge in [0.25, 0.3) is 0 Å². The van der Waals surface area contributed by atoms with Gasteiger partial charge in [-0.1, -0.05) is 29.3 Å². The summed E-state index contributed by atoms with van der Waals surface area (Å²) in [6.07, 6.45) is 5.14. The van der Waals surface area contributed by atoms with Gasteiger partial charge in [-0.3, -0.25) is 4.90 Å². The van der Waals surface area contributed by atoms with Crippen LogP contribution in [0.2, 0.25) is 10.0 Å². The van der Waals surface area contributed by atoms with E-state index < -0.39 is 0 Å². The molecule has 0 radical (unpaired) electrons. The third kappa shape index (κ3) is 2.32. The Labute approximate surface area is 129 Å². The lowest BCUT2D eigenvalue weighted by atomic mass is 9.77. The van der Waals surface area contributed by atoms with Crippen LogP contribution >= 0.6 is 23.2 Å².